The molecule has 0 spiro atoms. The summed E-state index contributed by atoms with van der Waals surface area (Å²) < 4.78 is 42.4. The van der Waals surface area contributed by atoms with Crippen LogP contribution in [0, 0.1) is 0 Å². The maximum absolute atomic E-state index is 13.0. The predicted molar refractivity (Wildman–Crippen MR) is 145 cm³/mol. The second kappa shape index (κ2) is 10.6. The molecule has 2 bridgehead atoms. The van der Waals surface area contributed by atoms with Crippen molar-refractivity contribution >= 4 is 56.5 Å². The summed E-state index contributed by atoms with van der Waals surface area (Å²) in [4.78, 5) is 39.0. The summed E-state index contributed by atoms with van der Waals surface area (Å²) in [5.74, 6) is -2.26. The van der Waals surface area contributed by atoms with E-state index in [-0.39, 0.29) is 16.7 Å². The summed E-state index contributed by atoms with van der Waals surface area (Å²) in [5, 5.41) is 3.94. The summed E-state index contributed by atoms with van der Waals surface area (Å²) >= 11 is 7.55. The first kappa shape index (κ1) is 27.0. The lowest BCUT2D eigenvalue weighted by molar-refractivity contribution is -0.189. The van der Waals surface area contributed by atoms with Crippen LogP contribution in [0.25, 0.3) is 10.2 Å². The number of carbonyl (C=O) groups excluding carboxylic acids is 2. The zero-order valence-corrected chi connectivity index (χ0v) is 22.8. The number of nitrogens with zero attached hydrogens (tertiary/aromatic N) is 4. The van der Waals surface area contributed by atoms with Crippen LogP contribution in [0.5, 0.6) is 5.75 Å². The van der Waals surface area contributed by atoms with E-state index >= 15 is 0 Å². The maximum atomic E-state index is 13.0. The fourth-order valence-corrected chi connectivity index (χ4v) is 7.33. The van der Waals surface area contributed by atoms with E-state index in [1.807, 2.05) is 11.0 Å². The molecule has 2 fully saturated rings. The Balaban J connectivity index is 1.17. The van der Waals surface area contributed by atoms with E-state index in [0.717, 1.165) is 33.3 Å². The van der Waals surface area contributed by atoms with Gasteiger partial charge in [0.1, 0.15) is 22.7 Å². The SMILES string of the molecule is O=C(C=CCN1C2CCC1CC2)N1CCc2c(sc3ncnc(Nc4cc(Cl)cc(OC(=O)C(F)(F)F)c4)c23)C1. The number of ether oxygens (including phenoxy) is 1. The Bertz CT molecular complexity index is 1490. The van der Waals surface area contributed by atoms with Gasteiger partial charge in [0.2, 0.25) is 5.91 Å². The molecule has 1 N–H and O–H groups in total. The Labute approximate surface area is 236 Å². The van der Waals surface area contributed by atoms with Gasteiger partial charge in [-0.05, 0) is 49.8 Å². The minimum absolute atomic E-state index is 0.0149. The van der Waals surface area contributed by atoms with E-state index in [0.29, 0.717) is 43.1 Å². The van der Waals surface area contributed by atoms with Crippen molar-refractivity contribution in [3.8, 4) is 5.75 Å². The van der Waals surface area contributed by atoms with E-state index < -0.39 is 12.1 Å². The van der Waals surface area contributed by atoms with Crippen LogP contribution in [0.4, 0.5) is 24.7 Å². The number of alkyl halides is 3. The summed E-state index contributed by atoms with van der Waals surface area (Å²) in [6, 6.07) is 5.17. The quantitative estimate of drug-likeness (QED) is 0.226. The van der Waals surface area contributed by atoms with Gasteiger partial charge in [0, 0.05) is 52.9 Å². The third kappa shape index (κ3) is 5.39. The number of thiophene rings is 1. The van der Waals surface area contributed by atoms with Crippen molar-refractivity contribution < 1.29 is 27.5 Å². The van der Waals surface area contributed by atoms with Crippen LogP contribution >= 0.6 is 22.9 Å². The highest BCUT2D eigenvalue weighted by Gasteiger charge is 2.41. The lowest BCUT2D eigenvalue weighted by Gasteiger charge is -2.26. The van der Waals surface area contributed by atoms with E-state index in [9.17, 15) is 22.8 Å². The van der Waals surface area contributed by atoms with Crippen LogP contribution < -0.4 is 10.1 Å². The Hall–Kier alpha value is -3.22. The number of halogens is 4. The molecule has 2 saturated heterocycles. The van der Waals surface area contributed by atoms with Gasteiger partial charge in [0.05, 0.1) is 11.9 Å². The molecule has 210 valence electrons. The van der Waals surface area contributed by atoms with E-state index in [1.165, 1.54) is 55.5 Å². The zero-order chi connectivity index (χ0) is 28.0. The molecule has 0 aliphatic carbocycles. The lowest BCUT2D eigenvalue weighted by atomic mass is 10.0. The van der Waals surface area contributed by atoms with Crippen LogP contribution in [0.1, 0.15) is 36.1 Å². The van der Waals surface area contributed by atoms with Crippen LogP contribution in [0.3, 0.4) is 0 Å². The molecule has 3 aliphatic heterocycles. The van der Waals surface area contributed by atoms with Gasteiger partial charge in [-0.15, -0.1) is 11.3 Å². The van der Waals surface area contributed by atoms with Crippen LogP contribution in [0.15, 0.2) is 36.7 Å². The first-order chi connectivity index (χ1) is 19.2. The number of rotatable bonds is 6. The zero-order valence-electron chi connectivity index (χ0n) is 21.2. The van der Waals surface area contributed by atoms with Crippen molar-refractivity contribution in [2.45, 2.75) is 56.9 Å². The number of esters is 1. The van der Waals surface area contributed by atoms with Gasteiger partial charge in [0.25, 0.3) is 0 Å². The van der Waals surface area contributed by atoms with Gasteiger partial charge in [0.15, 0.2) is 0 Å². The maximum Gasteiger partial charge on any atom is 0.491 e. The molecule has 1 aromatic carbocycles. The minimum atomic E-state index is -5.14. The number of nitrogens with one attached hydrogen (secondary N) is 1. The van der Waals surface area contributed by atoms with Gasteiger partial charge in [-0.1, -0.05) is 17.7 Å². The number of hydrogen-bond acceptors (Lipinski definition) is 8. The first-order valence-corrected chi connectivity index (χ1v) is 14.2. The summed E-state index contributed by atoms with van der Waals surface area (Å²) in [7, 11) is 0. The summed E-state index contributed by atoms with van der Waals surface area (Å²) in [5.41, 5.74) is 1.32. The smallest absolute Gasteiger partial charge is 0.420 e. The topological polar surface area (TPSA) is 87.7 Å². The molecule has 2 aromatic heterocycles. The Morgan fingerprint density at radius 2 is 1.90 bits per heavy atom. The molecule has 6 rings (SSSR count). The summed E-state index contributed by atoms with van der Waals surface area (Å²) in [6.45, 7) is 1.82. The number of benzene rings is 1. The highest BCUT2D eigenvalue weighted by atomic mass is 35.5. The highest BCUT2D eigenvalue weighted by Crippen LogP contribution is 2.39. The Morgan fingerprint density at radius 1 is 1.15 bits per heavy atom. The molecule has 0 saturated carbocycles. The molecule has 0 atom stereocenters. The minimum Gasteiger partial charge on any atom is -0.420 e. The predicted octanol–water partition coefficient (Wildman–Crippen LogP) is 5.62. The third-order valence-electron chi connectivity index (χ3n) is 7.71. The lowest BCUT2D eigenvalue weighted by Crippen LogP contribution is -2.34. The third-order valence-corrected chi connectivity index (χ3v) is 9.05. The first-order valence-electron chi connectivity index (χ1n) is 13.0. The molecule has 13 heteroatoms. The molecule has 5 heterocycles. The Kier molecular flexibility index (Phi) is 7.18. The van der Waals surface area contributed by atoms with Gasteiger partial charge < -0.3 is 15.0 Å². The van der Waals surface area contributed by atoms with Crippen LogP contribution in [0.2, 0.25) is 5.02 Å². The molecular weight excluding hydrogens is 567 g/mol. The fourth-order valence-electron chi connectivity index (χ4n) is 5.90. The van der Waals surface area contributed by atoms with Crippen LogP contribution in [-0.4, -0.2) is 63.0 Å². The van der Waals surface area contributed by atoms with E-state index in [1.54, 1.807) is 6.08 Å². The molecular formula is C27H25ClF3N5O3S. The van der Waals surface area contributed by atoms with E-state index in [4.69, 9.17) is 11.6 Å². The van der Waals surface area contributed by atoms with Crippen molar-refractivity contribution in [2.24, 2.45) is 0 Å². The van der Waals surface area contributed by atoms with Crippen molar-refractivity contribution in [1.29, 1.82) is 0 Å². The monoisotopic (exact) mass is 591 g/mol. The second-order valence-electron chi connectivity index (χ2n) is 10.2. The largest absolute Gasteiger partial charge is 0.491 e. The number of amides is 1. The fraction of sp³-hybridized carbons (Fsp3) is 0.407. The van der Waals surface area contributed by atoms with Crippen molar-refractivity contribution in [1.82, 2.24) is 19.8 Å². The second-order valence-corrected chi connectivity index (χ2v) is 11.7. The molecule has 3 aliphatic rings. The number of carbonyl (C=O) groups is 2. The van der Waals surface area contributed by atoms with Gasteiger partial charge in [-0.25, -0.2) is 14.8 Å². The molecule has 0 unspecified atom stereocenters. The number of hydrogen-bond donors (Lipinski definition) is 1. The Morgan fingerprint density at radius 3 is 2.62 bits per heavy atom. The highest BCUT2D eigenvalue weighted by molar-refractivity contribution is 7.19. The van der Waals surface area contributed by atoms with Crippen molar-refractivity contribution in [2.75, 3.05) is 18.4 Å². The number of anilines is 2. The average Bonchev–Trinajstić information content (AvgIpc) is 3.59. The van der Waals surface area contributed by atoms with Crippen molar-refractivity contribution in [3.05, 3.63) is 52.1 Å². The summed E-state index contributed by atoms with van der Waals surface area (Å²) in [6.07, 6.45) is 5.57. The van der Waals surface area contributed by atoms with Gasteiger partial charge in [-0.3, -0.25) is 9.69 Å². The molecule has 0 radical (unpaired) electrons. The van der Waals surface area contributed by atoms with Crippen molar-refractivity contribution in [3.63, 3.8) is 0 Å². The molecule has 40 heavy (non-hydrogen) atoms. The molecule has 8 nitrogen and oxygen atoms in total. The number of aromatic nitrogens is 2. The van der Waals surface area contributed by atoms with Gasteiger partial charge in [-0.2, -0.15) is 13.2 Å². The molecule has 1 amide bonds. The standard InChI is InChI=1S/C27H25ClF3N5O3S/c28-15-10-16(12-19(11-15)39-26(38)27(29,30)31)34-24-23-20-7-9-35(13-21(20)40-25(23)33-14-32-24)22(37)2-1-8-36-17-3-4-18(36)6-5-17/h1-2,10-12,14,17-18H,3-9,13H2,(H,32,33,34). The number of fused-ring (bicyclic) bond motifs is 5. The van der Waals surface area contributed by atoms with Crippen LogP contribution in [-0.2, 0) is 22.6 Å². The molecule has 3 aromatic rings. The average molecular weight is 592 g/mol. The van der Waals surface area contributed by atoms with Gasteiger partial charge >= 0.3 is 12.1 Å². The normalized spacial score (nSPS) is 20.9. The van der Waals surface area contributed by atoms with E-state index in [2.05, 4.69) is 24.9 Å².